The van der Waals surface area contributed by atoms with Crippen molar-refractivity contribution in [1.29, 1.82) is 0 Å². The summed E-state index contributed by atoms with van der Waals surface area (Å²) in [6.07, 6.45) is 1.29. The van der Waals surface area contributed by atoms with Gasteiger partial charge < -0.3 is 4.90 Å². The normalized spacial score (nSPS) is 14.8. The molecule has 7 rings (SSSR count). The predicted octanol–water partition coefficient (Wildman–Crippen LogP) is 10.7. The van der Waals surface area contributed by atoms with Crippen LogP contribution < -0.4 is 4.90 Å². The maximum absolute atomic E-state index is 15.5. The molecule has 1 heterocycles. The highest BCUT2D eigenvalue weighted by Gasteiger charge is 2.49. The standard InChI is InChI=1S/C36H21F4NOS/c37-25-7-13-28(14-8-25)41(29-15-9-26(38)10-16-29)27-11-5-22(6-12-27)34-18-17-30(43-34)21-33-35(42)31-19-23-3-1-2-4-24(23)20-32(31)36(33,39)40/h1-21H/b33-21-. The van der Waals surface area contributed by atoms with Crippen molar-refractivity contribution >= 4 is 51.0 Å². The van der Waals surface area contributed by atoms with Crippen LogP contribution in [0.1, 0.15) is 20.8 Å². The summed E-state index contributed by atoms with van der Waals surface area (Å²) in [5.74, 6) is -4.79. The van der Waals surface area contributed by atoms with Crippen molar-refractivity contribution < 1.29 is 22.4 Å². The Bertz CT molecular complexity index is 1980. The van der Waals surface area contributed by atoms with Crippen molar-refractivity contribution in [3.8, 4) is 10.4 Å². The van der Waals surface area contributed by atoms with Crippen LogP contribution in [0.3, 0.4) is 0 Å². The molecule has 0 unspecified atom stereocenters. The van der Waals surface area contributed by atoms with Gasteiger partial charge in [0.15, 0.2) is 5.78 Å². The number of alkyl halides is 2. The van der Waals surface area contributed by atoms with E-state index in [0.717, 1.165) is 21.5 Å². The summed E-state index contributed by atoms with van der Waals surface area (Å²) in [4.78, 5) is 16.4. The zero-order valence-corrected chi connectivity index (χ0v) is 23.2. The molecule has 2 nitrogen and oxygen atoms in total. The SMILES string of the molecule is O=C1/C(=C/c2ccc(-c3ccc(N(c4ccc(F)cc4)c4ccc(F)cc4)cc3)s2)C(F)(F)c2cc3ccccc3cc21. The van der Waals surface area contributed by atoms with Gasteiger partial charge in [-0.15, -0.1) is 11.3 Å². The van der Waals surface area contributed by atoms with Crippen LogP contribution in [-0.2, 0) is 5.92 Å². The molecule has 0 saturated heterocycles. The van der Waals surface area contributed by atoms with Gasteiger partial charge >= 0.3 is 5.92 Å². The first kappa shape index (κ1) is 26.9. The molecule has 0 atom stereocenters. The molecule has 210 valence electrons. The molecule has 6 aromatic rings. The summed E-state index contributed by atoms with van der Waals surface area (Å²) in [6, 6.07) is 33.3. The molecule has 0 spiro atoms. The fourth-order valence-electron chi connectivity index (χ4n) is 5.41. The second-order valence-electron chi connectivity index (χ2n) is 10.2. The molecule has 43 heavy (non-hydrogen) atoms. The average molecular weight is 592 g/mol. The number of nitrogens with zero attached hydrogens (tertiary/aromatic N) is 1. The molecule has 0 fully saturated rings. The number of anilines is 3. The van der Waals surface area contributed by atoms with E-state index in [4.69, 9.17) is 0 Å². The fourth-order valence-corrected chi connectivity index (χ4v) is 6.36. The lowest BCUT2D eigenvalue weighted by Crippen LogP contribution is -2.13. The first-order valence-electron chi connectivity index (χ1n) is 13.5. The third kappa shape index (κ3) is 4.81. The fraction of sp³-hybridized carbons (Fsp3) is 0.0278. The second kappa shape index (κ2) is 10.4. The highest BCUT2D eigenvalue weighted by molar-refractivity contribution is 7.16. The number of carbonyl (C=O) groups is 1. The van der Waals surface area contributed by atoms with Gasteiger partial charge in [-0.25, -0.2) is 8.78 Å². The van der Waals surface area contributed by atoms with E-state index in [1.54, 1.807) is 54.6 Å². The minimum absolute atomic E-state index is 0.0363. The molecule has 0 radical (unpaired) electrons. The smallest absolute Gasteiger partial charge is 0.303 e. The van der Waals surface area contributed by atoms with Crippen molar-refractivity contribution in [1.82, 2.24) is 0 Å². The largest absolute Gasteiger partial charge is 0.310 e. The minimum Gasteiger partial charge on any atom is -0.310 e. The summed E-state index contributed by atoms with van der Waals surface area (Å²) in [6.45, 7) is 0. The number of allylic oxidation sites excluding steroid dienone is 1. The Morgan fingerprint density at radius 2 is 1.19 bits per heavy atom. The highest BCUT2D eigenvalue weighted by Crippen LogP contribution is 2.48. The lowest BCUT2D eigenvalue weighted by molar-refractivity contribution is 0.0438. The quantitative estimate of drug-likeness (QED) is 0.147. The lowest BCUT2D eigenvalue weighted by atomic mass is 10.0. The molecule has 0 N–H and O–H groups in total. The Balaban J connectivity index is 1.19. The molecule has 0 amide bonds. The first-order valence-corrected chi connectivity index (χ1v) is 14.3. The topological polar surface area (TPSA) is 20.3 Å². The van der Waals surface area contributed by atoms with Gasteiger partial charge in [0.1, 0.15) is 11.6 Å². The second-order valence-corrected chi connectivity index (χ2v) is 11.4. The Kier molecular flexibility index (Phi) is 6.47. The highest BCUT2D eigenvalue weighted by atomic mass is 32.1. The van der Waals surface area contributed by atoms with E-state index in [0.29, 0.717) is 21.6 Å². The number of thiophene rings is 1. The third-order valence-corrected chi connectivity index (χ3v) is 8.63. The van der Waals surface area contributed by atoms with E-state index in [1.165, 1.54) is 47.7 Å². The Hall–Kier alpha value is -5.01. The Morgan fingerprint density at radius 1 is 0.651 bits per heavy atom. The van der Waals surface area contributed by atoms with Gasteiger partial charge in [0.05, 0.1) is 5.57 Å². The lowest BCUT2D eigenvalue weighted by Gasteiger charge is -2.25. The van der Waals surface area contributed by atoms with Crippen LogP contribution in [0.4, 0.5) is 34.6 Å². The van der Waals surface area contributed by atoms with Gasteiger partial charge in [-0.2, -0.15) is 8.78 Å². The summed E-state index contributed by atoms with van der Waals surface area (Å²) >= 11 is 1.31. The molecule has 1 aliphatic rings. The zero-order chi connectivity index (χ0) is 29.7. The van der Waals surface area contributed by atoms with E-state index in [2.05, 4.69) is 0 Å². The molecular weight excluding hydrogens is 570 g/mol. The number of benzene rings is 5. The number of carbonyl (C=O) groups excluding carboxylic acids is 1. The minimum atomic E-state index is -3.40. The number of ketones is 1. The summed E-state index contributed by atoms with van der Waals surface area (Å²) < 4.78 is 58.3. The van der Waals surface area contributed by atoms with Crippen LogP contribution in [0, 0.1) is 11.6 Å². The van der Waals surface area contributed by atoms with Crippen LogP contribution in [0.25, 0.3) is 27.3 Å². The molecule has 0 bridgehead atoms. The molecule has 1 aromatic heterocycles. The predicted molar refractivity (Wildman–Crippen MR) is 165 cm³/mol. The summed E-state index contributed by atoms with van der Waals surface area (Å²) in [5.41, 5.74) is 2.26. The van der Waals surface area contributed by atoms with Crippen molar-refractivity contribution in [2.75, 3.05) is 4.90 Å². The zero-order valence-electron chi connectivity index (χ0n) is 22.4. The van der Waals surface area contributed by atoms with Gasteiger partial charge in [0.2, 0.25) is 0 Å². The van der Waals surface area contributed by atoms with E-state index in [-0.39, 0.29) is 22.8 Å². The number of halogens is 4. The van der Waals surface area contributed by atoms with Crippen LogP contribution in [0.15, 0.2) is 127 Å². The maximum atomic E-state index is 15.5. The van der Waals surface area contributed by atoms with Gasteiger partial charge in [0.25, 0.3) is 0 Å². The monoisotopic (exact) mass is 591 g/mol. The summed E-state index contributed by atoms with van der Waals surface area (Å²) in [5, 5.41) is 1.40. The first-order chi connectivity index (χ1) is 20.8. The number of fused-ring (bicyclic) bond motifs is 2. The van der Waals surface area contributed by atoms with Crippen molar-refractivity contribution in [3.63, 3.8) is 0 Å². The Morgan fingerprint density at radius 3 is 1.77 bits per heavy atom. The van der Waals surface area contributed by atoms with Gasteiger partial charge in [-0.05, 0) is 107 Å². The Labute approximate surface area is 248 Å². The van der Waals surface area contributed by atoms with E-state index >= 15 is 8.78 Å². The summed E-state index contributed by atoms with van der Waals surface area (Å²) in [7, 11) is 0. The van der Waals surface area contributed by atoms with Gasteiger partial charge in [-0.3, -0.25) is 4.79 Å². The molecule has 0 saturated carbocycles. The van der Waals surface area contributed by atoms with Crippen molar-refractivity contribution in [2.24, 2.45) is 0 Å². The molecule has 1 aliphatic carbocycles. The maximum Gasteiger partial charge on any atom is 0.303 e. The van der Waals surface area contributed by atoms with Crippen LogP contribution in [0.5, 0.6) is 0 Å². The van der Waals surface area contributed by atoms with Crippen molar-refractivity contribution in [2.45, 2.75) is 5.92 Å². The molecule has 5 aromatic carbocycles. The van der Waals surface area contributed by atoms with Gasteiger partial charge in [0, 0.05) is 37.9 Å². The van der Waals surface area contributed by atoms with E-state index in [1.807, 2.05) is 41.3 Å². The van der Waals surface area contributed by atoms with Crippen LogP contribution in [-0.4, -0.2) is 5.78 Å². The molecule has 0 aliphatic heterocycles. The number of rotatable bonds is 5. The van der Waals surface area contributed by atoms with E-state index in [9.17, 15) is 13.6 Å². The average Bonchev–Trinajstić information content (AvgIpc) is 3.56. The third-order valence-electron chi connectivity index (χ3n) is 7.54. The van der Waals surface area contributed by atoms with Crippen molar-refractivity contribution in [3.05, 3.63) is 155 Å². The molecular formula is C36H21F4NOS. The number of Topliss-reactive ketones (excluding diaryl/α,β-unsaturated/α-hetero) is 1. The number of hydrogen-bond acceptors (Lipinski definition) is 3. The van der Waals surface area contributed by atoms with E-state index < -0.39 is 17.3 Å². The van der Waals surface area contributed by atoms with Gasteiger partial charge in [-0.1, -0.05) is 36.4 Å². The van der Waals surface area contributed by atoms with Crippen LogP contribution in [0.2, 0.25) is 0 Å². The molecule has 7 heteroatoms. The number of hydrogen-bond donors (Lipinski definition) is 0. The van der Waals surface area contributed by atoms with Crippen LogP contribution >= 0.6 is 11.3 Å².